The van der Waals surface area contributed by atoms with Crippen LogP contribution in [-0.4, -0.2) is 69.0 Å². The summed E-state index contributed by atoms with van der Waals surface area (Å²) in [5, 5.41) is 2.74. The number of ether oxygens (including phenoxy) is 3. The smallest absolute Gasteiger partial charge is 0.416 e. The zero-order valence-corrected chi connectivity index (χ0v) is 28.9. The molecule has 0 aliphatic heterocycles. The SMILES string of the molecule is CCOC(=O)C(COC(=O)CCc1ccc(NC(=O)c2ccccc2-c2ccc(C(F)(F)F)cc2)c(C(=O)N(C)C)c1)(C(=O)OC)c1ccccc1. The van der Waals surface area contributed by atoms with Crippen LogP contribution in [0, 0.1) is 0 Å². The zero-order valence-electron chi connectivity index (χ0n) is 28.9. The van der Waals surface area contributed by atoms with Gasteiger partial charge in [-0.05, 0) is 65.9 Å². The molecule has 4 aromatic carbocycles. The molecule has 0 aromatic heterocycles. The number of aryl methyl sites for hydroxylation is 1. The molecule has 2 amide bonds. The molecule has 0 saturated heterocycles. The molecular formula is C39H37F3N2O8. The molecule has 0 saturated carbocycles. The van der Waals surface area contributed by atoms with Gasteiger partial charge in [0.15, 0.2) is 0 Å². The maximum Gasteiger partial charge on any atom is 0.416 e. The number of esters is 3. The highest BCUT2D eigenvalue weighted by molar-refractivity contribution is 6.12. The highest BCUT2D eigenvalue weighted by atomic mass is 19.4. The minimum absolute atomic E-state index is 0.0333. The Hall–Kier alpha value is -5.98. The molecule has 0 aliphatic carbocycles. The highest BCUT2D eigenvalue weighted by Crippen LogP contribution is 2.33. The fraction of sp³-hybridized carbons (Fsp3) is 0.256. The lowest BCUT2D eigenvalue weighted by atomic mass is 9.81. The molecule has 272 valence electrons. The standard InChI is InChI=1S/C39H37F3N2O8/c1-5-51-37(49)38(36(48)50-4,27-11-7-6-8-12-27)24-52-33(45)22-16-25-15-21-32(31(23-25)35(47)44(2)3)43-34(46)30-14-10-9-13-29(30)26-17-19-28(20-18-26)39(40,41)42/h6-15,17-21,23H,5,16,22,24H2,1-4H3,(H,43,46). The van der Waals surface area contributed by atoms with E-state index in [1.165, 1.54) is 61.5 Å². The fourth-order valence-electron chi connectivity index (χ4n) is 5.41. The van der Waals surface area contributed by atoms with Crippen LogP contribution in [-0.2, 0) is 46.6 Å². The van der Waals surface area contributed by atoms with Gasteiger partial charge in [-0.1, -0.05) is 66.7 Å². The minimum Gasteiger partial charge on any atom is -0.468 e. The number of hydrogen-bond acceptors (Lipinski definition) is 8. The van der Waals surface area contributed by atoms with E-state index >= 15 is 0 Å². The molecule has 1 atom stereocenters. The number of methoxy groups -OCH3 is 1. The fourth-order valence-corrected chi connectivity index (χ4v) is 5.41. The van der Waals surface area contributed by atoms with Gasteiger partial charge in [0.2, 0.25) is 5.41 Å². The zero-order chi connectivity index (χ0) is 38.1. The van der Waals surface area contributed by atoms with E-state index in [2.05, 4.69) is 5.32 Å². The maximum atomic E-state index is 13.6. The van der Waals surface area contributed by atoms with Crippen LogP contribution in [0.25, 0.3) is 11.1 Å². The van der Waals surface area contributed by atoms with E-state index < -0.39 is 53.5 Å². The van der Waals surface area contributed by atoms with Crippen molar-refractivity contribution < 1.29 is 51.4 Å². The first-order valence-electron chi connectivity index (χ1n) is 16.1. The predicted octanol–water partition coefficient (Wildman–Crippen LogP) is 6.48. The number of nitrogens with zero attached hydrogens (tertiary/aromatic N) is 1. The Morgan fingerprint density at radius 3 is 2.02 bits per heavy atom. The van der Waals surface area contributed by atoms with Crippen molar-refractivity contribution >= 4 is 35.4 Å². The summed E-state index contributed by atoms with van der Waals surface area (Å²) in [5.41, 5.74) is -0.897. The number of benzene rings is 4. The van der Waals surface area contributed by atoms with Crippen LogP contribution in [0.1, 0.15) is 50.8 Å². The number of hydrogen-bond donors (Lipinski definition) is 1. The molecule has 4 rings (SSSR count). The molecule has 0 bridgehead atoms. The normalized spacial score (nSPS) is 12.2. The lowest BCUT2D eigenvalue weighted by Crippen LogP contribution is -2.50. The van der Waals surface area contributed by atoms with Crippen molar-refractivity contribution in [3.8, 4) is 11.1 Å². The molecular weight excluding hydrogens is 681 g/mol. The van der Waals surface area contributed by atoms with Crippen LogP contribution in [0.15, 0.2) is 97.1 Å². The minimum atomic E-state index is -4.51. The van der Waals surface area contributed by atoms with E-state index in [9.17, 15) is 37.1 Å². The molecule has 4 aromatic rings. The van der Waals surface area contributed by atoms with Crippen molar-refractivity contribution in [2.75, 3.05) is 39.7 Å². The number of rotatable bonds is 13. The Labute approximate surface area is 298 Å². The van der Waals surface area contributed by atoms with Crippen LogP contribution >= 0.6 is 0 Å². The van der Waals surface area contributed by atoms with Crippen molar-refractivity contribution in [1.29, 1.82) is 0 Å². The molecule has 0 aliphatic rings. The largest absolute Gasteiger partial charge is 0.468 e. The summed E-state index contributed by atoms with van der Waals surface area (Å²) in [6.07, 6.45) is -4.62. The molecule has 0 fully saturated rings. The Morgan fingerprint density at radius 2 is 1.40 bits per heavy atom. The van der Waals surface area contributed by atoms with Gasteiger partial charge in [0.25, 0.3) is 11.8 Å². The topological polar surface area (TPSA) is 128 Å². The summed E-state index contributed by atoms with van der Waals surface area (Å²) in [6.45, 7) is 0.865. The van der Waals surface area contributed by atoms with Crippen LogP contribution < -0.4 is 5.32 Å². The van der Waals surface area contributed by atoms with Crippen LogP contribution in [0.3, 0.4) is 0 Å². The predicted molar refractivity (Wildman–Crippen MR) is 185 cm³/mol. The van der Waals surface area contributed by atoms with Crippen LogP contribution in [0.2, 0.25) is 0 Å². The first-order valence-corrected chi connectivity index (χ1v) is 16.1. The van der Waals surface area contributed by atoms with Gasteiger partial charge in [0.1, 0.15) is 6.61 Å². The molecule has 0 heterocycles. The third-order valence-corrected chi connectivity index (χ3v) is 8.16. The Kier molecular flexibility index (Phi) is 12.6. The molecule has 10 nitrogen and oxygen atoms in total. The molecule has 1 N–H and O–H groups in total. The number of anilines is 1. The van der Waals surface area contributed by atoms with E-state index in [1.54, 1.807) is 49.4 Å². The number of carbonyl (C=O) groups is 5. The molecule has 1 unspecified atom stereocenters. The third kappa shape index (κ3) is 8.84. The second kappa shape index (κ2) is 16.8. The number of halogens is 3. The van der Waals surface area contributed by atoms with E-state index in [4.69, 9.17) is 14.2 Å². The molecule has 52 heavy (non-hydrogen) atoms. The van der Waals surface area contributed by atoms with E-state index in [0.717, 1.165) is 19.2 Å². The maximum absolute atomic E-state index is 13.6. The molecule has 0 radical (unpaired) electrons. The Morgan fingerprint density at radius 1 is 0.750 bits per heavy atom. The van der Waals surface area contributed by atoms with E-state index in [-0.39, 0.29) is 41.8 Å². The van der Waals surface area contributed by atoms with Crippen molar-refractivity contribution in [2.45, 2.75) is 31.4 Å². The van der Waals surface area contributed by atoms with Crippen molar-refractivity contribution in [2.24, 2.45) is 0 Å². The number of alkyl halides is 3. The van der Waals surface area contributed by atoms with Gasteiger partial charge in [-0.2, -0.15) is 13.2 Å². The first-order chi connectivity index (χ1) is 24.7. The number of amides is 2. The highest BCUT2D eigenvalue weighted by Gasteiger charge is 2.52. The summed E-state index contributed by atoms with van der Waals surface area (Å²) in [5.74, 6) is -3.69. The second-order valence-electron chi connectivity index (χ2n) is 11.8. The van der Waals surface area contributed by atoms with Gasteiger partial charge in [0, 0.05) is 26.1 Å². The van der Waals surface area contributed by atoms with Crippen LogP contribution in [0.5, 0.6) is 0 Å². The Bertz CT molecular complexity index is 1930. The Balaban J connectivity index is 1.53. The number of carbonyl (C=O) groups excluding carboxylic acids is 5. The monoisotopic (exact) mass is 718 g/mol. The average molecular weight is 719 g/mol. The third-order valence-electron chi connectivity index (χ3n) is 8.16. The summed E-state index contributed by atoms with van der Waals surface area (Å²) in [7, 11) is 4.17. The molecule has 13 heteroatoms. The van der Waals surface area contributed by atoms with Crippen molar-refractivity contribution in [3.63, 3.8) is 0 Å². The van der Waals surface area contributed by atoms with Gasteiger partial charge in [-0.25, -0.2) is 0 Å². The summed E-state index contributed by atoms with van der Waals surface area (Å²) in [4.78, 5) is 67.2. The van der Waals surface area contributed by atoms with Crippen molar-refractivity contribution in [1.82, 2.24) is 4.90 Å². The van der Waals surface area contributed by atoms with E-state index in [0.29, 0.717) is 16.7 Å². The van der Waals surface area contributed by atoms with Crippen molar-refractivity contribution in [3.05, 3.63) is 125 Å². The molecule has 0 spiro atoms. The first kappa shape index (κ1) is 38.8. The quantitative estimate of drug-likeness (QED) is 0.0946. The summed E-state index contributed by atoms with van der Waals surface area (Å²) < 4.78 is 54.9. The summed E-state index contributed by atoms with van der Waals surface area (Å²) in [6, 6.07) is 23.4. The van der Waals surface area contributed by atoms with Crippen LogP contribution in [0.4, 0.5) is 18.9 Å². The lowest BCUT2D eigenvalue weighted by molar-refractivity contribution is -0.169. The van der Waals surface area contributed by atoms with E-state index in [1.807, 2.05) is 0 Å². The summed E-state index contributed by atoms with van der Waals surface area (Å²) >= 11 is 0. The van der Waals surface area contributed by atoms with Gasteiger partial charge < -0.3 is 24.4 Å². The van der Waals surface area contributed by atoms with Gasteiger partial charge in [-0.3, -0.25) is 24.0 Å². The second-order valence-corrected chi connectivity index (χ2v) is 11.8. The average Bonchev–Trinajstić information content (AvgIpc) is 3.14. The van der Waals surface area contributed by atoms with Gasteiger partial charge >= 0.3 is 24.1 Å². The van der Waals surface area contributed by atoms with Gasteiger partial charge in [0.05, 0.1) is 30.5 Å². The lowest BCUT2D eigenvalue weighted by Gasteiger charge is -2.28. The van der Waals surface area contributed by atoms with Gasteiger partial charge in [-0.15, -0.1) is 0 Å². The number of nitrogens with one attached hydrogen (secondary N) is 1.